The van der Waals surface area contributed by atoms with E-state index in [0.717, 1.165) is 65.9 Å². The molecule has 3 aliphatic rings. The molecule has 0 N–H and O–H groups in total. The van der Waals surface area contributed by atoms with E-state index in [0.29, 0.717) is 10.0 Å². The third-order valence-corrected chi connectivity index (χ3v) is 10.3. The topological polar surface area (TPSA) is 12.4 Å². The van der Waals surface area contributed by atoms with E-state index in [-0.39, 0.29) is 5.57 Å². The van der Waals surface area contributed by atoms with Gasteiger partial charge in [0.15, 0.2) is 0 Å². The average Bonchev–Trinajstić information content (AvgIpc) is 2.95. The Bertz CT molecular complexity index is 1100. The molecule has 0 heterocycles. The minimum Gasteiger partial charge on any atom is -0.296 e. The van der Waals surface area contributed by atoms with Crippen molar-refractivity contribution in [3.63, 3.8) is 0 Å². The monoisotopic (exact) mass is 669 g/mol. The van der Waals surface area contributed by atoms with Crippen LogP contribution >= 0.6 is 23.2 Å². The van der Waals surface area contributed by atoms with E-state index in [9.17, 15) is 13.2 Å². The molecule has 0 aliphatic heterocycles. The second-order valence-corrected chi connectivity index (χ2v) is 13.5. The van der Waals surface area contributed by atoms with Gasteiger partial charge in [-0.1, -0.05) is 115 Å². The van der Waals surface area contributed by atoms with Gasteiger partial charge < -0.3 is 0 Å². The summed E-state index contributed by atoms with van der Waals surface area (Å²) in [6.07, 6.45) is 10.7. The summed E-state index contributed by atoms with van der Waals surface area (Å²) in [6, 6.07) is 5.48. The highest BCUT2D eigenvalue weighted by atomic mass is 35.5. The molecule has 4 rings (SSSR count). The van der Waals surface area contributed by atoms with Gasteiger partial charge in [-0.3, -0.25) is 4.99 Å². The largest absolute Gasteiger partial charge is 0.413 e. The zero-order valence-electron chi connectivity index (χ0n) is 29.5. The summed E-state index contributed by atoms with van der Waals surface area (Å²) < 4.78 is 36.1. The summed E-state index contributed by atoms with van der Waals surface area (Å²) in [7, 11) is 1.41. The summed E-state index contributed by atoms with van der Waals surface area (Å²) in [4.78, 5) is 3.49. The first kappa shape index (κ1) is 43.2. The summed E-state index contributed by atoms with van der Waals surface area (Å²) in [5.41, 5.74) is 3.48. The Morgan fingerprint density at radius 1 is 1.00 bits per heavy atom. The maximum absolute atomic E-state index is 12.0. The molecule has 3 saturated carbocycles. The Labute approximate surface area is 284 Å². The van der Waals surface area contributed by atoms with Crippen molar-refractivity contribution in [3.05, 3.63) is 76.3 Å². The van der Waals surface area contributed by atoms with E-state index in [2.05, 4.69) is 52.4 Å². The zero-order chi connectivity index (χ0) is 35.0. The summed E-state index contributed by atoms with van der Waals surface area (Å²) in [6.45, 7) is 27.6. The molecule has 4 atom stereocenters. The van der Waals surface area contributed by atoms with Crippen LogP contribution < -0.4 is 0 Å². The number of halogens is 5. The van der Waals surface area contributed by atoms with Crippen LogP contribution in [-0.4, -0.2) is 19.4 Å². The lowest BCUT2D eigenvalue weighted by atomic mass is 9.50. The molecule has 0 bridgehead atoms. The number of rotatable bonds is 5. The SMILES string of the molecule is C=C(C)[C@H]1CCC(C)C[C@H]1C.C=C(CC)c1c(Cl)cccc1Cl.C=C/C(C=NC)=C(/C)C(F)(F)F.CC.CC1CCC12CCC2. The lowest BCUT2D eigenvalue weighted by Gasteiger charge is -2.55. The van der Waals surface area contributed by atoms with Crippen molar-refractivity contribution in [1.29, 1.82) is 0 Å². The first-order chi connectivity index (χ1) is 21.0. The summed E-state index contributed by atoms with van der Waals surface area (Å²) in [5.74, 6) is 3.71. The molecule has 45 heavy (non-hydrogen) atoms. The number of nitrogens with zero attached hydrogens (tertiary/aromatic N) is 1. The van der Waals surface area contributed by atoms with E-state index in [1.165, 1.54) is 44.7 Å². The molecule has 0 saturated heterocycles. The fraction of sp³-hybridized carbons (Fsp3) is 0.615. The molecule has 256 valence electrons. The molecular weight excluding hydrogens is 610 g/mol. The van der Waals surface area contributed by atoms with Gasteiger partial charge in [-0.2, -0.15) is 13.2 Å². The minimum absolute atomic E-state index is 0.00463. The predicted molar refractivity (Wildman–Crippen MR) is 196 cm³/mol. The van der Waals surface area contributed by atoms with Gasteiger partial charge >= 0.3 is 6.18 Å². The Balaban J connectivity index is 0.000000566. The smallest absolute Gasteiger partial charge is 0.296 e. The molecular formula is C39H60Cl2F3N. The second-order valence-electron chi connectivity index (χ2n) is 12.7. The molecule has 2 unspecified atom stereocenters. The molecule has 3 aliphatic carbocycles. The van der Waals surface area contributed by atoms with Crippen molar-refractivity contribution >= 4 is 35.0 Å². The molecule has 1 aromatic carbocycles. The molecule has 1 spiro atoms. The van der Waals surface area contributed by atoms with Gasteiger partial charge in [0.05, 0.1) is 0 Å². The van der Waals surface area contributed by atoms with Gasteiger partial charge in [-0.05, 0) is 111 Å². The normalized spacial score (nSPS) is 23.4. The predicted octanol–water partition coefficient (Wildman–Crippen LogP) is 14.4. The van der Waals surface area contributed by atoms with Gasteiger partial charge in [0, 0.05) is 34.4 Å². The Morgan fingerprint density at radius 3 is 1.84 bits per heavy atom. The van der Waals surface area contributed by atoms with Gasteiger partial charge in [0.2, 0.25) is 0 Å². The maximum Gasteiger partial charge on any atom is 0.413 e. The average molecular weight is 671 g/mol. The van der Waals surface area contributed by atoms with Crippen molar-refractivity contribution in [3.8, 4) is 0 Å². The van der Waals surface area contributed by atoms with Crippen molar-refractivity contribution in [2.75, 3.05) is 7.05 Å². The molecule has 0 aromatic heterocycles. The standard InChI is InChI=1S/C11H20.C10H10Cl2.C8H10F3N.C8H14.C2H6/c1-8(2)11-6-5-9(3)7-10(11)4;1-3-7(2)10-8(11)5-4-6-9(10)12;1-4-7(5-12-3)6(2)8(9,10)11;1-7-3-6-8(7)4-2-5-8;1-2/h9-11H,1,5-7H2,2-4H3;4-6H,2-3H2,1H3;4-5H,1H2,2-3H3;7H,2-6H2,1H3;1-2H3/b;;7-6+,12-5?;;/t9?,10-,11-;;;;/m1..../s1. The van der Waals surface area contributed by atoms with E-state index in [1.54, 1.807) is 19.3 Å². The zero-order valence-corrected chi connectivity index (χ0v) is 31.0. The lowest BCUT2D eigenvalue weighted by Crippen LogP contribution is -2.43. The highest BCUT2D eigenvalue weighted by molar-refractivity contribution is 6.37. The van der Waals surface area contributed by atoms with Crippen LogP contribution in [0.2, 0.25) is 10.0 Å². The fourth-order valence-electron chi connectivity index (χ4n) is 6.23. The molecule has 1 nitrogen and oxygen atoms in total. The number of hydrogen-bond donors (Lipinski definition) is 0. The number of hydrogen-bond acceptors (Lipinski definition) is 1. The third-order valence-electron chi connectivity index (χ3n) is 9.62. The molecule has 0 radical (unpaired) electrons. The van der Waals surface area contributed by atoms with E-state index in [1.807, 2.05) is 39.0 Å². The minimum atomic E-state index is -4.30. The lowest BCUT2D eigenvalue weighted by molar-refractivity contribution is -0.0916. The maximum atomic E-state index is 12.0. The van der Waals surface area contributed by atoms with Gasteiger partial charge in [0.1, 0.15) is 0 Å². The number of allylic oxidation sites excluding steroid dienone is 5. The van der Waals surface area contributed by atoms with E-state index >= 15 is 0 Å². The van der Waals surface area contributed by atoms with Crippen LogP contribution in [0.5, 0.6) is 0 Å². The molecule has 6 heteroatoms. The highest BCUT2D eigenvalue weighted by Gasteiger charge is 2.47. The first-order valence-electron chi connectivity index (χ1n) is 16.6. The van der Waals surface area contributed by atoms with E-state index < -0.39 is 11.7 Å². The van der Waals surface area contributed by atoms with Crippen LogP contribution in [-0.2, 0) is 0 Å². The first-order valence-corrected chi connectivity index (χ1v) is 17.4. The Morgan fingerprint density at radius 2 is 1.56 bits per heavy atom. The van der Waals surface area contributed by atoms with Gasteiger partial charge in [-0.25, -0.2) is 0 Å². The van der Waals surface area contributed by atoms with Gasteiger partial charge in [-0.15, -0.1) is 0 Å². The number of aliphatic imine (C=N–C) groups is 1. The Kier molecular flexibility index (Phi) is 20.3. The Hall–Kier alpha value is -1.78. The van der Waals surface area contributed by atoms with Crippen LogP contribution in [0.1, 0.15) is 119 Å². The number of benzene rings is 1. The van der Waals surface area contributed by atoms with Crippen LogP contribution in [0, 0.1) is 29.1 Å². The van der Waals surface area contributed by atoms with Gasteiger partial charge in [0.25, 0.3) is 0 Å². The van der Waals surface area contributed by atoms with Crippen molar-refractivity contribution in [1.82, 2.24) is 0 Å². The van der Waals surface area contributed by atoms with E-state index in [4.69, 9.17) is 23.2 Å². The fourth-order valence-corrected chi connectivity index (χ4v) is 6.89. The van der Waals surface area contributed by atoms with Crippen LogP contribution in [0.15, 0.2) is 65.7 Å². The molecule has 3 fully saturated rings. The van der Waals surface area contributed by atoms with Crippen molar-refractivity contribution in [2.45, 2.75) is 119 Å². The molecule has 0 amide bonds. The second kappa shape index (κ2) is 21.2. The van der Waals surface area contributed by atoms with Crippen LogP contribution in [0.4, 0.5) is 13.2 Å². The summed E-state index contributed by atoms with van der Waals surface area (Å²) in [5, 5.41) is 1.35. The molecule has 1 aromatic rings. The summed E-state index contributed by atoms with van der Waals surface area (Å²) >= 11 is 11.9. The van der Waals surface area contributed by atoms with Crippen LogP contribution in [0.25, 0.3) is 5.57 Å². The third kappa shape index (κ3) is 13.9. The van der Waals surface area contributed by atoms with Crippen molar-refractivity contribution < 1.29 is 13.2 Å². The number of alkyl halides is 3. The van der Waals surface area contributed by atoms with Crippen LogP contribution in [0.3, 0.4) is 0 Å². The van der Waals surface area contributed by atoms with Crippen molar-refractivity contribution in [2.24, 2.45) is 34.1 Å². The highest BCUT2D eigenvalue weighted by Crippen LogP contribution is 2.59. The quantitative estimate of drug-likeness (QED) is 0.168.